The summed E-state index contributed by atoms with van der Waals surface area (Å²) >= 11 is 0. The zero-order valence-electron chi connectivity index (χ0n) is 14.5. The van der Waals surface area contributed by atoms with Crippen LogP contribution in [0, 0.1) is 23.0 Å². The van der Waals surface area contributed by atoms with Crippen molar-refractivity contribution in [3.63, 3.8) is 0 Å². The van der Waals surface area contributed by atoms with E-state index in [1.807, 2.05) is 0 Å². The molecule has 2 aromatic rings. The van der Waals surface area contributed by atoms with Crippen LogP contribution in [-0.2, 0) is 0 Å². The number of aromatic nitrogens is 1. The van der Waals surface area contributed by atoms with Crippen molar-refractivity contribution < 1.29 is 18.7 Å². The van der Waals surface area contributed by atoms with Gasteiger partial charge in [-0.25, -0.2) is 13.6 Å². The molecule has 2 saturated carbocycles. The summed E-state index contributed by atoms with van der Waals surface area (Å²) in [7, 11) is 0. The van der Waals surface area contributed by atoms with Crippen molar-refractivity contribution in [1.29, 1.82) is 0 Å². The number of nitrogens with two attached hydrogens (primary N) is 1. The molecule has 2 aliphatic carbocycles. The van der Waals surface area contributed by atoms with Gasteiger partial charge in [0, 0.05) is 30.7 Å². The van der Waals surface area contributed by atoms with E-state index in [9.17, 15) is 19.1 Å². The molecule has 0 bridgehead atoms. The van der Waals surface area contributed by atoms with Crippen molar-refractivity contribution in [2.75, 3.05) is 24.5 Å². The Morgan fingerprint density at radius 2 is 2.11 bits per heavy atom. The molecule has 1 aliphatic heterocycles. The predicted octanol–water partition coefficient (Wildman–Crippen LogP) is 2.10. The highest BCUT2D eigenvalue weighted by atomic mass is 19.1. The third-order valence-corrected chi connectivity index (χ3v) is 6.38. The van der Waals surface area contributed by atoms with Crippen LogP contribution in [0.25, 0.3) is 10.9 Å². The molecule has 2 unspecified atom stereocenters. The van der Waals surface area contributed by atoms with E-state index in [1.54, 1.807) is 4.90 Å². The van der Waals surface area contributed by atoms with E-state index in [-0.39, 0.29) is 28.0 Å². The van der Waals surface area contributed by atoms with E-state index in [1.165, 1.54) is 10.8 Å². The average Bonchev–Trinajstić information content (AvgIpc) is 3.54. The lowest BCUT2D eigenvalue weighted by molar-refractivity contribution is 0.0695. The Hall–Kier alpha value is -2.48. The lowest BCUT2D eigenvalue weighted by Gasteiger charge is -2.25. The van der Waals surface area contributed by atoms with Gasteiger partial charge in [0.15, 0.2) is 5.82 Å². The molecule has 8 heteroatoms. The molecule has 27 heavy (non-hydrogen) atoms. The first kappa shape index (κ1) is 16.7. The SMILES string of the molecule is NCC12CC1CN(c1c(F)cc3c(=O)c(C(=O)O)cn(C4CC4)c3c1F)C2. The third-order valence-electron chi connectivity index (χ3n) is 6.38. The first-order valence-corrected chi connectivity index (χ1v) is 9.11. The second-order valence-electron chi connectivity index (χ2n) is 8.08. The minimum absolute atomic E-state index is 0.00808. The molecule has 5 rings (SSSR count). The minimum atomic E-state index is -1.40. The van der Waals surface area contributed by atoms with Gasteiger partial charge in [-0.2, -0.15) is 0 Å². The van der Waals surface area contributed by atoms with E-state index >= 15 is 4.39 Å². The van der Waals surface area contributed by atoms with Gasteiger partial charge in [-0.3, -0.25) is 4.79 Å². The van der Waals surface area contributed by atoms with Gasteiger partial charge >= 0.3 is 5.97 Å². The number of hydrogen-bond acceptors (Lipinski definition) is 4. The van der Waals surface area contributed by atoms with E-state index in [2.05, 4.69) is 0 Å². The molecule has 142 valence electrons. The van der Waals surface area contributed by atoms with Crippen molar-refractivity contribution in [1.82, 2.24) is 4.57 Å². The van der Waals surface area contributed by atoms with Crippen molar-refractivity contribution in [2.45, 2.75) is 25.3 Å². The van der Waals surface area contributed by atoms with E-state index in [4.69, 9.17) is 5.73 Å². The van der Waals surface area contributed by atoms with Crippen LogP contribution in [-0.4, -0.2) is 35.3 Å². The topological polar surface area (TPSA) is 88.6 Å². The number of nitrogens with zero attached hydrogens (tertiary/aromatic N) is 2. The minimum Gasteiger partial charge on any atom is -0.477 e. The second kappa shape index (κ2) is 5.28. The Morgan fingerprint density at radius 3 is 2.70 bits per heavy atom. The van der Waals surface area contributed by atoms with Crippen LogP contribution in [0.2, 0.25) is 0 Å². The van der Waals surface area contributed by atoms with Crippen molar-refractivity contribution in [3.8, 4) is 0 Å². The predicted molar refractivity (Wildman–Crippen MR) is 95.2 cm³/mol. The number of rotatable bonds is 4. The van der Waals surface area contributed by atoms with E-state index < -0.39 is 28.6 Å². The standard InChI is InChI=1S/C19H19F2N3O3/c20-13-3-11-15(24(10-1-2-10)6-12(17(11)25)18(26)27)14(21)16(13)23-5-9-4-19(9,7-22)8-23/h3,6,9-10H,1-2,4-5,7-8,22H2,(H,26,27). The molecule has 0 amide bonds. The first-order chi connectivity index (χ1) is 12.9. The van der Waals surface area contributed by atoms with Gasteiger partial charge < -0.3 is 20.3 Å². The molecule has 1 aromatic heterocycles. The average molecular weight is 375 g/mol. The Kier molecular flexibility index (Phi) is 3.26. The molecule has 6 nitrogen and oxygen atoms in total. The maximum absolute atomic E-state index is 15.5. The molecule has 1 saturated heterocycles. The van der Waals surface area contributed by atoms with Crippen molar-refractivity contribution in [3.05, 3.63) is 39.7 Å². The van der Waals surface area contributed by atoms with Crippen molar-refractivity contribution >= 4 is 22.6 Å². The van der Waals surface area contributed by atoms with Gasteiger partial charge in [0.2, 0.25) is 5.43 Å². The maximum Gasteiger partial charge on any atom is 0.341 e. The highest BCUT2D eigenvalue weighted by Gasteiger charge is 2.59. The van der Waals surface area contributed by atoms with Gasteiger partial charge in [-0.15, -0.1) is 0 Å². The monoisotopic (exact) mass is 375 g/mol. The Morgan fingerprint density at radius 1 is 1.37 bits per heavy atom. The number of fused-ring (bicyclic) bond motifs is 2. The van der Waals surface area contributed by atoms with Gasteiger partial charge in [0.25, 0.3) is 0 Å². The number of hydrogen-bond donors (Lipinski definition) is 2. The zero-order valence-corrected chi connectivity index (χ0v) is 14.5. The van der Waals surface area contributed by atoms with E-state index in [0.717, 1.165) is 25.3 Å². The Bertz CT molecular complexity index is 1060. The fourth-order valence-electron chi connectivity index (χ4n) is 4.59. The highest BCUT2D eigenvalue weighted by molar-refractivity contribution is 5.94. The number of piperidine rings is 1. The Labute approximate surface area is 153 Å². The van der Waals surface area contributed by atoms with Crippen LogP contribution in [0.5, 0.6) is 0 Å². The van der Waals surface area contributed by atoms with Gasteiger partial charge in [-0.1, -0.05) is 0 Å². The molecule has 3 N–H and O–H groups in total. The summed E-state index contributed by atoms with van der Waals surface area (Å²) < 4.78 is 31.8. The number of carboxylic acid groups (broad SMARTS) is 1. The van der Waals surface area contributed by atoms with Gasteiger partial charge in [0.1, 0.15) is 17.1 Å². The summed E-state index contributed by atoms with van der Waals surface area (Å²) in [6.07, 6.45) is 3.71. The fourth-order valence-corrected chi connectivity index (χ4v) is 4.59. The zero-order chi connectivity index (χ0) is 19.1. The molecule has 1 aromatic carbocycles. The lowest BCUT2D eigenvalue weighted by Crippen LogP contribution is -2.30. The van der Waals surface area contributed by atoms with Crippen LogP contribution in [0.15, 0.2) is 17.1 Å². The van der Waals surface area contributed by atoms with Crippen LogP contribution < -0.4 is 16.1 Å². The molecule has 3 aliphatic rings. The largest absolute Gasteiger partial charge is 0.477 e. The van der Waals surface area contributed by atoms with Crippen molar-refractivity contribution in [2.24, 2.45) is 17.1 Å². The number of anilines is 1. The number of benzene rings is 1. The van der Waals surface area contributed by atoms with Gasteiger partial charge in [0.05, 0.1) is 10.9 Å². The highest BCUT2D eigenvalue weighted by Crippen LogP contribution is 2.58. The Balaban J connectivity index is 1.73. The number of aromatic carboxylic acids is 1. The van der Waals surface area contributed by atoms with E-state index in [0.29, 0.717) is 25.6 Å². The quantitative estimate of drug-likeness (QED) is 0.854. The van der Waals surface area contributed by atoms with Gasteiger partial charge in [-0.05, 0) is 37.8 Å². The fraction of sp³-hybridized carbons (Fsp3) is 0.474. The molecule has 2 atom stereocenters. The normalized spacial score (nSPS) is 26.5. The molecular weight excluding hydrogens is 356 g/mol. The summed E-state index contributed by atoms with van der Waals surface area (Å²) in [5, 5.41) is 9.06. The second-order valence-corrected chi connectivity index (χ2v) is 8.08. The molecule has 0 spiro atoms. The number of carboxylic acids is 1. The molecule has 2 heterocycles. The third kappa shape index (κ3) is 2.25. The lowest BCUT2D eigenvalue weighted by atomic mass is 10.1. The molecular formula is C19H19F2N3O3. The summed E-state index contributed by atoms with van der Waals surface area (Å²) in [5.74, 6) is -2.68. The van der Waals surface area contributed by atoms with Crippen LogP contribution >= 0.6 is 0 Å². The maximum atomic E-state index is 15.5. The number of halogens is 2. The summed E-state index contributed by atoms with van der Waals surface area (Å²) in [5.41, 5.74) is 4.31. The van der Waals surface area contributed by atoms with Crippen LogP contribution in [0.4, 0.5) is 14.5 Å². The molecule has 0 radical (unpaired) electrons. The molecule has 3 fully saturated rings. The number of pyridine rings is 1. The summed E-state index contributed by atoms with van der Waals surface area (Å²) in [4.78, 5) is 25.6. The number of carbonyl (C=O) groups is 1. The smallest absolute Gasteiger partial charge is 0.341 e. The summed E-state index contributed by atoms with van der Waals surface area (Å²) in [6.45, 7) is 1.52. The van der Waals surface area contributed by atoms with Crippen LogP contribution in [0.1, 0.15) is 35.7 Å². The van der Waals surface area contributed by atoms with Crippen LogP contribution in [0.3, 0.4) is 0 Å². The first-order valence-electron chi connectivity index (χ1n) is 9.11. The summed E-state index contributed by atoms with van der Waals surface area (Å²) in [6, 6.07) is 0.918.